The van der Waals surface area contributed by atoms with Crippen molar-refractivity contribution in [3.63, 3.8) is 0 Å². The van der Waals surface area contributed by atoms with E-state index in [1.165, 1.54) is 6.39 Å². The van der Waals surface area contributed by atoms with Gasteiger partial charge in [-0.15, -0.1) is 0 Å². The zero-order valence-electron chi connectivity index (χ0n) is 6.16. The fourth-order valence-corrected chi connectivity index (χ4v) is 0.707. The Bertz CT molecular complexity index is 176. The molecule has 0 aliphatic carbocycles. The van der Waals surface area contributed by atoms with Crippen molar-refractivity contribution in [2.45, 2.75) is 6.42 Å². The Morgan fingerprint density at radius 1 is 1.55 bits per heavy atom. The van der Waals surface area contributed by atoms with Crippen molar-refractivity contribution < 1.29 is 9.63 Å². The highest BCUT2D eigenvalue weighted by Gasteiger charge is 1.95. The van der Waals surface area contributed by atoms with E-state index in [1.54, 1.807) is 0 Å². The lowest BCUT2D eigenvalue weighted by atomic mass is 10.4. The largest absolute Gasteiger partial charge is 0.395 e. The van der Waals surface area contributed by atoms with Crippen LogP contribution in [0, 0.1) is 0 Å². The maximum Gasteiger partial charge on any atom is 0.213 e. The number of aromatic nitrogens is 2. The summed E-state index contributed by atoms with van der Waals surface area (Å²) in [7, 11) is 0. The number of nitrogens with one attached hydrogen (secondary N) is 1. The zero-order valence-corrected chi connectivity index (χ0v) is 6.16. The normalized spacial score (nSPS) is 10.3. The Morgan fingerprint density at radius 2 is 2.45 bits per heavy atom. The second-order valence-electron chi connectivity index (χ2n) is 2.07. The van der Waals surface area contributed by atoms with Gasteiger partial charge in [0.05, 0.1) is 6.61 Å². The van der Waals surface area contributed by atoms with E-state index >= 15 is 0 Å². The lowest BCUT2D eigenvalue weighted by Crippen LogP contribution is -2.21. The summed E-state index contributed by atoms with van der Waals surface area (Å²) in [5, 5.41) is 15.0. The molecule has 0 unspecified atom stereocenters. The first-order valence-corrected chi connectivity index (χ1v) is 3.50. The summed E-state index contributed by atoms with van der Waals surface area (Å²) in [5.41, 5.74) is 0. The third-order valence-corrected chi connectivity index (χ3v) is 1.22. The molecule has 0 saturated heterocycles. The highest BCUT2D eigenvalue weighted by Crippen LogP contribution is 1.87. The monoisotopic (exact) mass is 157 g/mol. The maximum atomic E-state index is 8.41. The van der Waals surface area contributed by atoms with Gasteiger partial charge in [-0.05, 0) is 0 Å². The van der Waals surface area contributed by atoms with Crippen molar-refractivity contribution in [1.82, 2.24) is 15.5 Å². The average Bonchev–Trinajstić information content (AvgIpc) is 2.50. The standard InChI is InChI=1S/C6H11N3O2/c10-4-3-7-2-1-6-8-5-11-9-6/h5,7,10H,1-4H2. The molecule has 0 fully saturated rings. The van der Waals surface area contributed by atoms with E-state index in [4.69, 9.17) is 5.11 Å². The minimum absolute atomic E-state index is 0.159. The second kappa shape index (κ2) is 4.81. The van der Waals surface area contributed by atoms with Gasteiger partial charge in [0.25, 0.3) is 0 Å². The highest BCUT2D eigenvalue weighted by atomic mass is 16.5. The Hall–Kier alpha value is -0.940. The molecule has 0 amide bonds. The van der Waals surface area contributed by atoms with Gasteiger partial charge in [0.2, 0.25) is 6.39 Å². The van der Waals surface area contributed by atoms with E-state index in [0.717, 1.165) is 13.0 Å². The minimum atomic E-state index is 0.159. The van der Waals surface area contributed by atoms with Crippen LogP contribution in [0.25, 0.3) is 0 Å². The Morgan fingerprint density at radius 3 is 3.09 bits per heavy atom. The van der Waals surface area contributed by atoms with Gasteiger partial charge >= 0.3 is 0 Å². The molecule has 2 N–H and O–H groups in total. The first-order chi connectivity index (χ1) is 5.43. The van der Waals surface area contributed by atoms with E-state index in [2.05, 4.69) is 20.0 Å². The summed E-state index contributed by atoms with van der Waals surface area (Å²) in [4.78, 5) is 3.83. The molecule has 0 radical (unpaired) electrons. The van der Waals surface area contributed by atoms with Crippen LogP contribution in [-0.4, -0.2) is 34.9 Å². The highest BCUT2D eigenvalue weighted by molar-refractivity contribution is 4.78. The summed E-state index contributed by atoms with van der Waals surface area (Å²) in [6.45, 7) is 1.53. The van der Waals surface area contributed by atoms with Crippen LogP contribution in [0.2, 0.25) is 0 Å². The first kappa shape index (κ1) is 8.16. The summed E-state index contributed by atoms with van der Waals surface area (Å²) in [6, 6.07) is 0. The smallest absolute Gasteiger partial charge is 0.213 e. The predicted molar refractivity (Wildman–Crippen MR) is 38.0 cm³/mol. The van der Waals surface area contributed by atoms with E-state index < -0.39 is 0 Å². The quantitative estimate of drug-likeness (QED) is 0.547. The van der Waals surface area contributed by atoms with Crippen LogP contribution in [-0.2, 0) is 6.42 Å². The van der Waals surface area contributed by atoms with Crippen LogP contribution < -0.4 is 5.32 Å². The molecule has 0 saturated carbocycles. The average molecular weight is 157 g/mol. The molecule has 0 aliphatic heterocycles. The SMILES string of the molecule is OCCNCCc1ncon1. The van der Waals surface area contributed by atoms with E-state index in [9.17, 15) is 0 Å². The second-order valence-corrected chi connectivity index (χ2v) is 2.07. The van der Waals surface area contributed by atoms with Crippen molar-refractivity contribution >= 4 is 0 Å². The molecule has 0 aliphatic rings. The van der Waals surface area contributed by atoms with Gasteiger partial charge in [0.1, 0.15) is 0 Å². The van der Waals surface area contributed by atoms with Crippen LogP contribution in [0.3, 0.4) is 0 Å². The van der Waals surface area contributed by atoms with Crippen LogP contribution in [0.15, 0.2) is 10.9 Å². The van der Waals surface area contributed by atoms with Crippen molar-refractivity contribution in [2.75, 3.05) is 19.7 Å². The molecule has 0 spiro atoms. The fraction of sp³-hybridized carbons (Fsp3) is 0.667. The first-order valence-electron chi connectivity index (χ1n) is 3.50. The summed E-state index contributed by atoms with van der Waals surface area (Å²) >= 11 is 0. The Balaban J connectivity index is 2.04. The number of hydrogen-bond donors (Lipinski definition) is 2. The lowest BCUT2D eigenvalue weighted by molar-refractivity contribution is 0.292. The number of nitrogens with zero attached hydrogens (tertiary/aromatic N) is 2. The Kier molecular flexibility index (Phi) is 3.57. The third kappa shape index (κ3) is 3.10. The van der Waals surface area contributed by atoms with E-state index in [1.807, 2.05) is 0 Å². The molecule has 1 rings (SSSR count). The van der Waals surface area contributed by atoms with Gasteiger partial charge < -0.3 is 14.9 Å². The van der Waals surface area contributed by atoms with Crippen molar-refractivity contribution in [2.24, 2.45) is 0 Å². The number of hydrogen-bond acceptors (Lipinski definition) is 5. The predicted octanol–water partition coefficient (Wildman–Crippen LogP) is -0.806. The number of rotatable bonds is 5. The molecule has 5 heteroatoms. The zero-order chi connectivity index (χ0) is 7.94. The lowest BCUT2D eigenvalue weighted by Gasteiger charge is -1.97. The van der Waals surface area contributed by atoms with E-state index in [0.29, 0.717) is 12.4 Å². The molecular weight excluding hydrogens is 146 g/mol. The molecule has 62 valence electrons. The van der Waals surface area contributed by atoms with Gasteiger partial charge in [-0.25, -0.2) is 0 Å². The molecule has 11 heavy (non-hydrogen) atoms. The molecule has 1 aromatic rings. The van der Waals surface area contributed by atoms with Crippen molar-refractivity contribution in [1.29, 1.82) is 0 Å². The van der Waals surface area contributed by atoms with Crippen LogP contribution in [0.1, 0.15) is 5.82 Å². The van der Waals surface area contributed by atoms with Gasteiger partial charge in [-0.1, -0.05) is 5.16 Å². The topological polar surface area (TPSA) is 71.2 Å². The molecule has 1 heterocycles. The molecular formula is C6H11N3O2. The summed E-state index contributed by atoms with van der Waals surface area (Å²) in [6.07, 6.45) is 2.04. The van der Waals surface area contributed by atoms with Gasteiger partial charge in [0, 0.05) is 19.5 Å². The third-order valence-electron chi connectivity index (χ3n) is 1.22. The summed E-state index contributed by atoms with van der Waals surface area (Å²) in [5.74, 6) is 0.690. The Labute approximate surface area is 64.4 Å². The molecule has 0 atom stereocenters. The maximum absolute atomic E-state index is 8.41. The van der Waals surface area contributed by atoms with Crippen LogP contribution >= 0.6 is 0 Å². The van der Waals surface area contributed by atoms with Crippen LogP contribution in [0.5, 0.6) is 0 Å². The summed E-state index contributed by atoms with van der Waals surface area (Å²) < 4.78 is 4.53. The fourth-order valence-electron chi connectivity index (χ4n) is 0.707. The molecule has 0 aromatic carbocycles. The van der Waals surface area contributed by atoms with Gasteiger partial charge in [0.15, 0.2) is 5.82 Å². The minimum Gasteiger partial charge on any atom is -0.395 e. The van der Waals surface area contributed by atoms with Gasteiger partial charge in [-0.2, -0.15) is 4.98 Å². The van der Waals surface area contributed by atoms with Crippen LogP contribution in [0.4, 0.5) is 0 Å². The number of aliphatic hydroxyl groups is 1. The van der Waals surface area contributed by atoms with E-state index in [-0.39, 0.29) is 6.61 Å². The van der Waals surface area contributed by atoms with Gasteiger partial charge in [-0.3, -0.25) is 0 Å². The molecule has 1 aromatic heterocycles. The van der Waals surface area contributed by atoms with Crippen molar-refractivity contribution in [3.05, 3.63) is 12.2 Å². The molecule has 0 bridgehead atoms. The number of aliphatic hydroxyl groups excluding tert-OH is 1. The van der Waals surface area contributed by atoms with Crippen molar-refractivity contribution in [3.8, 4) is 0 Å². The molecule has 5 nitrogen and oxygen atoms in total.